The molecule has 0 aliphatic carbocycles. The molecule has 1 rings (SSSR count). The van der Waals surface area contributed by atoms with Crippen LogP contribution in [0.1, 0.15) is 51.6 Å². The summed E-state index contributed by atoms with van der Waals surface area (Å²) in [4.78, 5) is 1.44. The SMILES string of the molecule is CCCCSc1ccccc1C(C)NCCC. The minimum Gasteiger partial charge on any atom is -0.310 e. The van der Waals surface area contributed by atoms with E-state index in [-0.39, 0.29) is 0 Å². The highest BCUT2D eigenvalue weighted by Crippen LogP contribution is 2.28. The zero-order valence-electron chi connectivity index (χ0n) is 11.3. The average molecular weight is 251 g/mol. The third-order valence-corrected chi connectivity index (χ3v) is 4.02. The van der Waals surface area contributed by atoms with Crippen LogP contribution in [0.25, 0.3) is 0 Å². The Morgan fingerprint density at radius 3 is 2.65 bits per heavy atom. The lowest BCUT2D eigenvalue weighted by Crippen LogP contribution is -2.19. The summed E-state index contributed by atoms with van der Waals surface area (Å²) in [5.74, 6) is 1.23. The van der Waals surface area contributed by atoms with Crippen LogP contribution in [0.4, 0.5) is 0 Å². The zero-order chi connectivity index (χ0) is 12.5. The minimum atomic E-state index is 0.459. The summed E-state index contributed by atoms with van der Waals surface area (Å²) < 4.78 is 0. The van der Waals surface area contributed by atoms with Crippen LogP contribution in [-0.4, -0.2) is 12.3 Å². The van der Waals surface area contributed by atoms with Gasteiger partial charge in [0.25, 0.3) is 0 Å². The first-order chi connectivity index (χ1) is 8.29. The van der Waals surface area contributed by atoms with Crippen molar-refractivity contribution in [2.24, 2.45) is 0 Å². The molecule has 1 aromatic carbocycles. The van der Waals surface area contributed by atoms with Crippen molar-refractivity contribution in [3.63, 3.8) is 0 Å². The largest absolute Gasteiger partial charge is 0.310 e. The Morgan fingerprint density at radius 1 is 1.18 bits per heavy atom. The number of hydrogen-bond acceptors (Lipinski definition) is 2. The fourth-order valence-corrected chi connectivity index (χ4v) is 3.01. The molecular formula is C15H25NS. The van der Waals surface area contributed by atoms with E-state index in [2.05, 4.69) is 50.4 Å². The second kappa shape index (κ2) is 8.60. The van der Waals surface area contributed by atoms with Crippen LogP contribution in [0.15, 0.2) is 29.2 Å². The summed E-state index contributed by atoms with van der Waals surface area (Å²) in [6.07, 6.45) is 3.77. The van der Waals surface area contributed by atoms with Gasteiger partial charge in [0, 0.05) is 10.9 Å². The molecule has 0 heterocycles. The van der Waals surface area contributed by atoms with Gasteiger partial charge in [0.15, 0.2) is 0 Å². The van der Waals surface area contributed by atoms with Gasteiger partial charge in [-0.25, -0.2) is 0 Å². The molecule has 0 amide bonds. The van der Waals surface area contributed by atoms with E-state index >= 15 is 0 Å². The van der Waals surface area contributed by atoms with Crippen molar-refractivity contribution >= 4 is 11.8 Å². The van der Waals surface area contributed by atoms with Crippen LogP contribution < -0.4 is 5.32 Å². The van der Waals surface area contributed by atoms with Crippen LogP contribution >= 0.6 is 11.8 Å². The van der Waals surface area contributed by atoms with Crippen molar-refractivity contribution in [2.75, 3.05) is 12.3 Å². The molecule has 0 aliphatic rings. The van der Waals surface area contributed by atoms with Crippen LogP contribution in [0.3, 0.4) is 0 Å². The maximum Gasteiger partial charge on any atom is 0.0302 e. The average Bonchev–Trinajstić information content (AvgIpc) is 2.37. The van der Waals surface area contributed by atoms with Crippen molar-refractivity contribution in [2.45, 2.75) is 51.0 Å². The first-order valence-electron chi connectivity index (χ1n) is 6.74. The monoisotopic (exact) mass is 251 g/mol. The van der Waals surface area contributed by atoms with Gasteiger partial charge >= 0.3 is 0 Å². The highest BCUT2D eigenvalue weighted by molar-refractivity contribution is 7.99. The van der Waals surface area contributed by atoms with Crippen molar-refractivity contribution in [1.29, 1.82) is 0 Å². The predicted molar refractivity (Wildman–Crippen MR) is 78.8 cm³/mol. The zero-order valence-corrected chi connectivity index (χ0v) is 12.1. The number of benzene rings is 1. The maximum absolute atomic E-state index is 3.57. The second-order valence-electron chi connectivity index (χ2n) is 4.42. The number of thioether (sulfide) groups is 1. The van der Waals surface area contributed by atoms with Gasteiger partial charge in [-0.05, 0) is 43.7 Å². The van der Waals surface area contributed by atoms with Crippen molar-refractivity contribution in [1.82, 2.24) is 5.32 Å². The molecule has 1 N–H and O–H groups in total. The summed E-state index contributed by atoms with van der Waals surface area (Å²) in [5.41, 5.74) is 1.45. The summed E-state index contributed by atoms with van der Waals surface area (Å²) >= 11 is 1.99. The molecule has 1 nitrogen and oxygen atoms in total. The van der Waals surface area contributed by atoms with E-state index in [1.165, 1.54) is 35.5 Å². The highest BCUT2D eigenvalue weighted by atomic mass is 32.2. The van der Waals surface area contributed by atoms with Gasteiger partial charge in [-0.1, -0.05) is 38.5 Å². The van der Waals surface area contributed by atoms with Gasteiger partial charge in [0.1, 0.15) is 0 Å². The molecule has 2 heteroatoms. The summed E-state index contributed by atoms with van der Waals surface area (Å²) in [5, 5.41) is 3.57. The number of rotatable bonds is 8. The molecule has 1 aromatic rings. The van der Waals surface area contributed by atoms with E-state index < -0.39 is 0 Å². The van der Waals surface area contributed by atoms with E-state index in [1.54, 1.807) is 0 Å². The molecule has 0 saturated carbocycles. The topological polar surface area (TPSA) is 12.0 Å². The van der Waals surface area contributed by atoms with E-state index in [1.807, 2.05) is 11.8 Å². The fraction of sp³-hybridized carbons (Fsp3) is 0.600. The molecule has 0 bridgehead atoms. The third kappa shape index (κ3) is 5.13. The van der Waals surface area contributed by atoms with Gasteiger partial charge in [0.05, 0.1) is 0 Å². The van der Waals surface area contributed by atoms with Crippen LogP contribution in [0, 0.1) is 0 Å². The van der Waals surface area contributed by atoms with Crippen molar-refractivity contribution in [3.8, 4) is 0 Å². The summed E-state index contributed by atoms with van der Waals surface area (Å²) in [7, 11) is 0. The molecule has 0 radical (unpaired) electrons. The number of hydrogen-bond donors (Lipinski definition) is 1. The summed E-state index contributed by atoms with van der Waals surface area (Å²) in [6.45, 7) is 7.81. The second-order valence-corrected chi connectivity index (χ2v) is 5.55. The lowest BCUT2D eigenvalue weighted by atomic mass is 10.1. The van der Waals surface area contributed by atoms with Crippen LogP contribution in [-0.2, 0) is 0 Å². The van der Waals surface area contributed by atoms with E-state index in [4.69, 9.17) is 0 Å². The molecule has 0 saturated heterocycles. The molecule has 0 aromatic heterocycles. The van der Waals surface area contributed by atoms with Gasteiger partial charge in [0.2, 0.25) is 0 Å². The highest BCUT2D eigenvalue weighted by Gasteiger charge is 2.09. The molecule has 96 valence electrons. The Balaban J connectivity index is 2.62. The molecule has 0 aliphatic heterocycles. The maximum atomic E-state index is 3.57. The molecular weight excluding hydrogens is 226 g/mol. The first kappa shape index (κ1) is 14.6. The van der Waals surface area contributed by atoms with Gasteiger partial charge in [-0.3, -0.25) is 0 Å². The van der Waals surface area contributed by atoms with E-state index in [9.17, 15) is 0 Å². The van der Waals surface area contributed by atoms with Gasteiger partial charge in [-0.2, -0.15) is 0 Å². The molecule has 1 atom stereocenters. The normalized spacial score (nSPS) is 12.6. The standard InChI is InChI=1S/C15H25NS/c1-4-6-12-17-15-10-8-7-9-14(15)13(3)16-11-5-2/h7-10,13,16H,4-6,11-12H2,1-3H3. The minimum absolute atomic E-state index is 0.459. The quantitative estimate of drug-likeness (QED) is 0.533. The lowest BCUT2D eigenvalue weighted by molar-refractivity contribution is 0.564. The smallest absolute Gasteiger partial charge is 0.0302 e. The summed E-state index contributed by atoms with van der Waals surface area (Å²) in [6, 6.07) is 9.25. The van der Waals surface area contributed by atoms with E-state index in [0.717, 1.165) is 6.54 Å². The Kier molecular flexibility index (Phi) is 7.38. The van der Waals surface area contributed by atoms with Gasteiger partial charge in [-0.15, -0.1) is 11.8 Å². The lowest BCUT2D eigenvalue weighted by Gasteiger charge is -2.17. The molecule has 0 fully saturated rings. The Bertz CT molecular complexity index is 312. The molecule has 1 unspecified atom stereocenters. The van der Waals surface area contributed by atoms with Gasteiger partial charge < -0.3 is 5.32 Å². The van der Waals surface area contributed by atoms with Crippen molar-refractivity contribution < 1.29 is 0 Å². The van der Waals surface area contributed by atoms with Crippen LogP contribution in [0.5, 0.6) is 0 Å². The van der Waals surface area contributed by atoms with E-state index in [0.29, 0.717) is 6.04 Å². The first-order valence-corrected chi connectivity index (χ1v) is 7.73. The Labute approximate surface area is 110 Å². The molecule has 0 spiro atoms. The predicted octanol–water partition coefficient (Wildman–Crippen LogP) is 4.64. The Hall–Kier alpha value is -0.470. The van der Waals surface area contributed by atoms with Crippen molar-refractivity contribution in [3.05, 3.63) is 29.8 Å². The molecule has 17 heavy (non-hydrogen) atoms. The van der Waals surface area contributed by atoms with Crippen LogP contribution in [0.2, 0.25) is 0 Å². The Morgan fingerprint density at radius 2 is 1.94 bits per heavy atom. The number of unbranched alkanes of at least 4 members (excludes halogenated alkanes) is 1. The number of nitrogens with one attached hydrogen (secondary N) is 1. The third-order valence-electron chi connectivity index (χ3n) is 2.84. The fourth-order valence-electron chi connectivity index (χ4n) is 1.77.